The lowest BCUT2D eigenvalue weighted by Gasteiger charge is -2.17. The van der Waals surface area contributed by atoms with Crippen LogP contribution in [0.3, 0.4) is 0 Å². The predicted octanol–water partition coefficient (Wildman–Crippen LogP) is 2.67. The van der Waals surface area contributed by atoms with Gasteiger partial charge in [0.05, 0.1) is 0 Å². The standard InChI is InChI=1S/C13H20ClN5S/c1-9(2)8-15-13(20)18-12-16-10(14)7-11(17-12)19-5-3-4-6-19/h7,9H,3-6,8H2,1-2H3,(H2,15,16,17,18,20). The molecule has 5 nitrogen and oxygen atoms in total. The summed E-state index contributed by atoms with van der Waals surface area (Å²) in [5.41, 5.74) is 0. The van der Waals surface area contributed by atoms with Crippen molar-refractivity contribution in [3.8, 4) is 0 Å². The molecule has 1 aliphatic heterocycles. The number of nitrogens with zero attached hydrogens (tertiary/aromatic N) is 3. The zero-order valence-electron chi connectivity index (χ0n) is 11.8. The first-order valence-electron chi connectivity index (χ1n) is 6.89. The monoisotopic (exact) mass is 313 g/mol. The van der Waals surface area contributed by atoms with Gasteiger partial charge >= 0.3 is 0 Å². The Labute approximate surface area is 130 Å². The molecular formula is C13H20ClN5S. The zero-order valence-corrected chi connectivity index (χ0v) is 13.4. The molecule has 2 heterocycles. The Morgan fingerprint density at radius 2 is 2.10 bits per heavy atom. The smallest absolute Gasteiger partial charge is 0.232 e. The number of thiocarbonyl (C=S) groups is 1. The summed E-state index contributed by atoms with van der Waals surface area (Å²) in [5.74, 6) is 1.83. The molecule has 1 aliphatic rings. The topological polar surface area (TPSA) is 53.1 Å². The van der Waals surface area contributed by atoms with E-state index in [9.17, 15) is 0 Å². The van der Waals surface area contributed by atoms with E-state index >= 15 is 0 Å². The lowest BCUT2D eigenvalue weighted by Crippen LogP contribution is -2.32. The van der Waals surface area contributed by atoms with Gasteiger partial charge in [0.15, 0.2) is 5.11 Å². The van der Waals surface area contributed by atoms with Crippen molar-refractivity contribution in [1.82, 2.24) is 15.3 Å². The molecule has 7 heteroatoms. The van der Waals surface area contributed by atoms with Crippen LogP contribution in [0.1, 0.15) is 26.7 Å². The first kappa shape index (κ1) is 15.3. The van der Waals surface area contributed by atoms with Crippen LogP contribution in [0.25, 0.3) is 0 Å². The molecule has 0 amide bonds. The molecule has 1 aromatic heterocycles. The van der Waals surface area contributed by atoms with Crippen LogP contribution in [0, 0.1) is 5.92 Å². The number of hydrogen-bond donors (Lipinski definition) is 2. The summed E-state index contributed by atoms with van der Waals surface area (Å²) in [6.07, 6.45) is 2.39. The van der Waals surface area contributed by atoms with Gasteiger partial charge in [-0.2, -0.15) is 4.98 Å². The maximum atomic E-state index is 6.06. The van der Waals surface area contributed by atoms with Gasteiger partial charge in [0, 0.05) is 25.7 Å². The maximum absolute atomic E-state index is 6.06. The van der Waals surface area contributed by atoms with E-state index in [-0.39, 0.29) is 0 Å². The lowest BCUT2D eigenvalue weighted by atomic mass is 10.2. The first-order chi connectivity index (χ1) is 9.54. The number of hydrogen-bond acceptors (Lipinski definition) is 4. The third kappa shape index (κ3) is 4.45. The van der Waals surface area contributed by atoms with E-state index < -0.39 is 0 Å². The van der Waals surface area contributed by atoms with Crippen LogP contribution in [0.5, 0.6) is 0 Å². The predicted molar refractivity (Wildman–Crippen MR) is 87.6 cm³/mol. The third-order valence-corrected chi connectivity index (χ3v) is 3.45. The molecule has 110 valence electrons. The van der Waals surface area contributed by atoms with Gasteiger partial charge < -0.3 is 15.5 Å². The molecule has 20 heavy (non-hydrogen) atoms. The van der Waals surface area contributed by atoms with Crippen molar-refractivity contribution in [3.63, 3.8) is 0 Å². The third-order valence-electron chi connectivity index (χ3n) is 3.01. The highest BCUT2D eigenvalue weighted by molar-refractivity contribution is 7.80. The molecule has 0 spiro atoms. The van der Waals surface area contributed by atoms with Crippen molar-refractivity contribution >= 4 is 40.7 Å². The summed E-state index contributed by atoms with van der Waals surface area (Å²) in [6.45, 7) is 7.09. The van der Waals surface area contributed by atoms with Gasteiger partial charge in [-0.3, -0.25) is 0 Å². The Morgan fingerprint density at radius 3 is 2.75 bits per heavy atom. The molecule has 0 unspecified atom stereocenters. The van der Waals surface area contributed by atoms with Gasteiger partial charge in [0.2, 0.25) is 5.95 Å². The van der Waals surface area contributed by atoms with Crippen molar-refractivity contribution in [2.45, 2.75) is 26.7 Å². The summed E-state index contributed by atoms with van der Waals surface area (Å²) >= 11 is 11.3. The summed E-state index contributed by atoms with van der Waals surface area (Å²) in [7, 11) is 0. The highest BCUT2D eigenvalue weighted by Crippen LogP contribution is 2.21. The summed E-state index contributed by atoms with van der Waals surface area (Å²) in [6, 6.07) is 1.79. The lowest BCUT2D eigenvalue weighted by molar-refractivity contribution is 0.627. The van der Waals surface area contributed by atoms with Gasteiger partial charge in [-0.1, -0.05) is 25.4 Å². The fourth-order valence-electron chi connectivity index (χ4n) is 2.01. The number of rotatable bonds is 4. The zero-order chi connectivity index (χ0) is 14.5. The normalized spacial score (nSPS) is 14.7. The Balaban J connectivity index is 2.02. The summed E-state index contributed by atoms with van der Waals surface area (Å²) in [5, 5.41) is 7.06. The molecule has 2 rings (SSSR count). The molecule has 0 radical (unpaired) electrons. The van der Waals surface area contributed by atoms with E-state index in [0.717, 1.165) is 25.5 Å². The van der Waals surface area contributed by atoms with Crippen LogP contribution in [0.15, 0.2) is 6.07 Å². The minimum Gasteiger partial charge on any atom is -0.362 e. The molecule has 0 saturated carbocycles. The summed E-state index contributed by atoms with van der Waals surface area (Å²) in [4.78, 5) is 10.8. The second kappa shape index (κ2) is 7.04. The molecule has 1 fully saturated rings. The number of aromatic nitrogens is 2. The van der Waals surface area contributed by atoms with E-state index in [1.807, 2.05) is 0 Å². The molecule has 1 saturated heterocycles. The van der Waals surface area contributed by atoms with Crippen LogP contribution >= 0.6 is 23.8 Å². The van der Waals surface area contributed by atoms with E-state index in [0.29, 0.717) is 22.1 Å². The van der Waals surface area contributed by atoms with E-state index in [1.54, 1.807) is 6.07 Å². The van der Waals surface area contributed by atoms with Gasteiger partial charge in [-0.15, -0.1) is 0 Å². The van der Waals surface area contributed by atoms with Crippen LogP contribution in [-0.4, -0.2) is 34.7 Å². The Kier molecular flexibility index (Phi) is 5.37. The number of anilines is 2. The Bertz CT molecular complexity index is 474. The fraction of sp³-hybridized carbons (Fsp3) is 0.615. The van der Waals surface area contributed by atoms with Gasteiger partial charge in [-0.25, -0.2) is 4.98 Å². The van der Waals surface area contributed by atoms with Gasteiger partial charge in [0.1, 0.15) is 11.0 Å². The SMILES string of the molecule is CC(C)CNC(=S)Nc1nc(Cl)cc(N2CCCC2)n1. The minimum atomic E-state index is 0.427. The Hall–Kier alpha value is -1.14. The van der Waals surface area contributed by atoms with E-state index in [2.05, 4.69) is 39.3 Å². The fourth-order valence-corrected chi connectivity index (χ4v) is 2.36. The van der Waals surface area contributed by atoms with Crippen LogP contribution < -0.4 is 15.5 Å². The van der Waals surface area contributed by atoms with Crippen molar-refractivity contribution in [3.05, 3.63) is 11.2 Å². The molecule has 0 atom stereocenters. The molecule has 1 aromatic rings. The summed E-state index contributed by atoms with van der Waals surface area (Å²) < 4.78 is 0. The second-order valence-electron chi connectivity index (χ2n) is 5.30. The first-order valence-corrected chi connectivity index (χ1v) is 7.67. The highest BCUT2D eigenvalue weighted by atomic mass is 35.5. The average Bonchev–Trinajstić information content (AvgIpc) is 2.89. The number of nitrogens with one attached hydrogen (secondary N) is 2. The largest absolute Gasteiger partial charge is 0.362 e. The van der Waals surface area contributed by atoms with Crippen LogP contribution in [0.2, 0.25) is 5.15 Å². The Morgan fingerprint density at radius 1 is 1.40 bits per heavy atom. The molecule has 0 aliphatic carbocycles. The molecule has 2 N–H and O–H groups in total. The van der Waals surface area contributed by atoms with Gasteiger partial charge in [0.25, 0.3) is 0 Å². The van der Waals surface area contributed by atoms with Crippen LogP contribution in [-0.2, 0) is 0 Å². The molecular weight excluding hydrogens is 294 g/mol. The molecule has 0 bridgehead atoms. The van der Waals surface area contributed by atoms with Crippen LogP contribution in [0.4, 0.5) is 11.8 Å². The van der Waals surface area contributed by atoms with Crippen molar-refractivity contribution in [2.75, 3.05) is 29.9 Å². The van der Waals surface area contributed by atoms with E-state index in [1.165, 1.54) is 12.8 Å². The number of halogens is 1. The maximum Gasteiger partial charge on any atom is 0.232 e. The second-order valence-corrected chi connectivity index (χ2v) is 6.09. The quantitative estimate of drug-likeness (QED) is 0.658. The highest BCUT2D eigenvalue weighted by Gasteiger charge is 2.15. The average molecular weight is 314 g/mol. The molecule has 0 aromatic carbocycles. The van der Waals surface area contributed by atoms with Crippen molar-refractivity contribution < 1.29 is 0 Å². The van der Waals surface area contributed by atoms with Crippen molar-refractivity contribution in [2.24, 2.45) is 5.92 Å². The van der Waals surface area contributed by atoms with Crippen molar-refractivity contribution in [1.29, 1.82) is 0 Å². The minimum absolute atomic E-state index is 0.427. The van der Waals surface area contributed by atoms with Gasteiger partial charge in [-0.05, 0) is 31.0 Å². The van der Waals surface area contributed by atoms with E-state index in [4.69, 9.17) is 23.8 Å².